The van der Waals surface area contributed by atoms with E-state index in [0.29, 0.717) is 32.1 Å². The van der Waals surface area contributed by atoms with Crippen LogP contribution in [0.1, 0.15) is 11.3 Å². The Labute approximate surface area is 178 Å². The molecule has 2 aromatic rings. The fourth-order valence-corrected chi connectivity index (χ4v) is 3.02. The quantitative estimate of drug-likeness (QED) is 0.261. The van der Waals surface area contributed by atoms with Crippen molar-refractivity contribution in [2.45, 2.75) is 6.18 Å². The van der Waals surface area contributed by atoms with Gasteiger partial charge in [0.15, 0.2) is 11.5 Å². The first kappa shape index (κ1) is 22.5. The van der Waals surface area contributed by atoms with Crippen molar-refractivity contribution in [1.82, 2.24) is 15.1 Å². The molecule has 0 N–H and O–H groups in total. The van der Waals surface area contributed by atoms with E-state index in [1.165, 1.54) is 6.07 Å². The van der Waals surface area contributed by atoms with Crippen LogP contribution in [0, 0.1) is 0 Å². The third kappa shape index (κ3) is 6.95. The summed E-state index contributed by atoms with van der Waals surface area (Å²) in [6, 6.07) is 9.87. The monoisotopic (exact) mass is 435 g/mol. The number of rotatable bonds is 9. The maximum absolute atomic E-state index is 12.6. The Balaban J connectivity index is 1.41. The highest BCUT2D eigenvalue weighted by Crippen LogP contribution is 2.27. The third-order valence-corrected chi connectivity index (χ3v) is 4.64. The number of piperazine rings is 1. The maximum atomic E-state index is 12.6. The normalized spacial score (nSPS) is 15.3. The number of oxime groups is 1. The van der Waals surface area contributed by atoms with E-state index in [9.17, 15) is 13.2 Å². The highest BCUT2D eigenvalue weighted by molar-refractivity contribution is 5.79. The SMILES string of the molecule is C=CCON=Cc1cccc(OCCN2CCN(c3ccc(C(F)(F)F)nn3)CC2)c1. The van der Waals surface area contributed by atoms with E-state index >= 15 is 0 Å². The molecule has 0 saturated carbocycles. The van der Waals surface area contributed by atoms with Gasteiger partial charge in [-0.2, -0.15) is 13.2 Å². The van der Waals surface area contributed by atoms with Crippen LogP contribution in [0.25, 0.3) is 0 Å². The lowest BCUT2D eigenvalue weighted by molar-refractivity contribution is -0.141. The van der Waals surface area contributed by atoms with Gasteiger partial charge in [0.25, 0.3) is 0 Å². The van der Waals surface area contributed by atoms with Crippen LogP contribution < -0.4 is 9.64 Å². The minimum Gasteiger partial charge on any atom is -0.492 e. The van der Waals surface area contributed by atoms with Gasteiger partial charge in [-0.3, -0.25) is 4.90 Å². The summed E-state index contributed by atoms with van der Waals surface area (Å²) < 4.78 is 43.7. The Morgan fingerprint density at radius 1 is 1.10 bits per heavy atom. The molecule has 1 aliphatic rings. The van der Waals surface area contributed by atoms with E-state index in [1.54, 1.807) is 12.3 Å². The summed E-state index contributed by atoms with van der Waals surface area (Å²) in [6.45, 7) is 8.02. The summed E-state index contributed by atoms with van der Waals surface area (Å²) in [4.78, 5) is 9.16. The molecule has 1 aromatic carbocycles. The number of hydrogen-bond acceptors (Lipinski definition) is 7. The minimum absolute atomic E-state index is 0.353. The molecule has 1 saturated heterocycles. The number of ether oxygens (including phenoxy) is 1. The number of alkyl halides is 3. The van der Waals surface area contributed by atoms with Gasteiger partial charge in [0, 0.05) is 32.7 Å². The molecule has 0 bridgehead atoms. The lowest BCUT2D eigenvalue weighted by Gasteiger charge is -2.35. The standard InChI is InChI=1S/C21H24F3N5O2/c1-2-13-31-25-16-17-4-3-5-18(15-17)30-14-12-28-8-10-29(11-9-28)20-7-6-19(26-27-20)21(22,23)24/h2-7,15-16H,1,8-14H2. The van der Waals surface area contributed by atoms with Crippen molar-refractivity contribution < 1.29 is 22.7 Å². The summed E-state index contributed by atoms with van der Waals surface area (Å²) in [6.07, 6.45) is -1.25. The molecule has 0 radical (unpaired) electrons. The molecule has 1 fully saturated rings. The number of anilines is 1. The van der Waals surface area contributed by atoms with Crippen LogP contribution in [-0.2, 0) is 11.0 Å². The molecular formula is C21H24F3N5O2. The molecular weight excluding hydrogens is 411 g/mol. The Morgan fingerprint density at radius 3 is 2.58 bits per heavy atom. The number of halogens is 3. The Morgan fingerprint density at radius 2 is 1.90 bits per heavy atom. The average molecular weight is 435 g/mol. The predicted octanol–water partition coefficient (Wildman–Crippen LogP) is 3.23. The second-order valence-electron chi connectivity index (χ2n) is 6.84. The molecule has 2 heterocycles. The Bertz CT molecular complexity index is 866. The van der Waals surface area contributed by atoms with Crippen LogP contribution in [0.15, 0.2) is 54.2 Å². The van der Waals surface area contributed by atoms with Crippen LogP contribution in [0.3, 0.4) is 0 Å². The van der Waals surface area contributed by atoms with Gasteiger partial charge in [0.2, 0.25) is 0 Å². The molecule has 0 atom stereocenters. The van der Waals surface area contributed by atoms with Crippen LogP contribution in [0.4, 0.5) is 19.0 Å². The highest BCUT2D eigenvalue weighted by Gasteiger charge is 2.33. The fraction of sp³-hybridized carbons (Fsp3) is 0.381. The summed E-state index contributed by atoms with van der Waals surface area (Å²) in [5, 5.41) is 10.9. The first-order valence-corrected chi connectivity index (χ1v) is 9.83. The van der Waals surface area contributed by atoms with Crippen LogP contribution in [0.5, 0.6) is 5.75 Å². The van der Waals surface area contributed by atoms with Gasteiger partial charge in [0.05, 0.1) is 6.21 Å². The zero-order valence-electron chi connectivity index (χ0n) is 17.0. The predicted molar refractivity (Wildman–Crippen MR) is 111 cm³/mol. The van der Waals surface area contributed by atoms with Gasteiger partial charge < -0.3 is 14.5 Å². The van der Waals surface area contributed by atoms with Crippen LogP contribution in [-0.4, -0.2) is 67.2 Å². The average Bonchev–Trinajstić information content (AvgIpc) is 2.77. The van der Waals surface area contributed by atoms with E-state index in [0.717, 1.165) is 37.0 Å². The smallest absolute Gasteiger partial charge is 0.435 e. The van der Waals surface area contributed by atoms with Gasteiger partial charge in [-0.25, -0.2) is 0 Å². The van der Waals surface area contributed by atoms with Crippen molar-refractivity contribution >= 4 is 12.0 Å². The van der Waals surface area contributed by atoms with Crippen LogP contribution >= 0.6 is 0 Å². The minimum atomic E-state index is -4.48. The zero-order valence-corrected chi connectivity index (χ0v) is 17.0. The topological polar surface area (TPSA) is 63.1 Å². The highest BCUT2D eigenvalue weighted by atomic mass is 19.4. The van der Waals surface area contributed by atoms with E-state index < -0.39 is 11.9 Å². The van der Waals surface area contributed by atoms with E-state index in [4.69, 9.17) is 9.57 Å². The van der Waals surface area contributed by atoms with Crippen molar-refractivity contribution in [3.63, 3.8) is 0 Å². The molecule has 0 unspecified atom stereocenters. The molecule has 1 aromatic heterocycles. The molecule has 3 rings (SSSR count). The van der Waals surface area contributed by atoms with Crippen molar-refractivity contribution in [3.8, 4) is 5.75 Å². The van der Waals surface area contributed by atoms with Gasteiger partial charge in [-0.15, -0.1) is 10.2 Å². The maximum Gasteiger partial charge on any atom is 0.435 e. The summed E-state index contributed by atoms with van der Waals surface area (Å²) in [7, 11) is 0. The summed E-state index contributed by atoms with van der Waals surface area (Å²) >= 11 is 0. The largest absolute Gasteiger partial charge is 0.492 e. The molecule has 7 nitrogen and oxygen atoms in total. The first-order valence-electron chi connectivity index (χ1n) is 9.83. The van der Waals surface area contributed by atoms with E-state index in [2.05, 4.69) is 26.8 Å². The zero-order chi connectivity index (χ0) is 22.1. The van der Waals surface area contributed by atoms with Crippen molar-refractivity contribution in [2.24, 2.45) is 5.16 Å². The van der Waals surface area contributed by atoms with Gasteiger partial charge in [-0.05, 0) is 29.8 Å². The third-order valence-electron chi connectivity index (χ3n) is 4.64. The number of aromatic nitrogens is 2. The second kappa shape index (κ2) is 10.8. The molecule has 0 amide bonds. The van der Waals surface area contributed by atoms with E-state index in [1.807, 2.05) is 29.2 Å². The number of benzene rings is 1. The number of hydrogen-bond donors (Lipinski definition) is 0. The molecule has 1 aliphatic heterocycles. The molecule has 0 aliphatic carbocycles. The van der Waals surface area contributed by atoms with E-state index in [-0.39, 0.29) is 0 Å². The van der Waals surface area contributed by atoms with Gasteiger partial charge in [-0.1, -0.05) is 29.9 Å². The molecule has 31 heavy (non-hydrogen) atoms. The molecule has 0 spiro atoms. The number of nitrogens with zero attached hydrogens (tertiary/aromatic N) is 5. The summed E-state index contributed by atoms with van der Waals surface area (Å²) in [5.41, 5.74) is -0.112. The Kier molecular flexibility index (Phi) is 7.82. The van der Waals surface area contributed by atoms with Gasteiger partial charge in [0.1, 0.15) is 19.0 Å². The lowest BCUT2D eigenvalue weighted by atomic mass is 10.2. The fourth-order valence-electron chi connectivity index (χ4n) is 3.02. The van der Waals surface area contributed by atoms with Crippen molar-refractivity contribution in [3.05, 3.63) is 60.3 Å². The van der Waals surface area contributed by atoms with Crippen LogP contribution in [0.2, 0.25) is 0 Å². The lowest BCUT2D eigenvalue weighted by Crippen LogP contribution is -2.47. The first-order chi connectivity index (χ1) is 15.0. The molecule has 10 heteroatoms. The molecule has 166 valence electrons. The summed E-state index contributed by atoms with van der Waals surface area (Å²) in [5.74, 6) is 1.20. The van der Waals surface area contributed by atoms with Crippen molar-refractivity contribution in [1.29, 1.82) is 0 Å². The second-order valence-corrected chi connectivity index (χ2v) is 6.84. The van der Waals surface area contributed by atoms with Gasteiger partial charge >= 0.3 is 6.18 Å². The Hall–Kier alpha value is -3.14. The van der Waals surface area contributed by atoms with Crippen molar-refractivity contribution in [2.75, 3.05) is 50.8 Å².